The number of nitrogens with one attached hydrogen (secondary N) is 2. The van der Waals surface area contributed by atoms with Gasteiger partial charge in [-0.05, 0) is 17.7 Å². The fourth-order valence-electron chi connectivity index (χ4n) is 2.45. The molecule has 16 nitrogen and oxygen atoms in total. The van der Waals surface area contributed by atoms with Crippen LogP contribution in [0.15, 0.2) is 36.4 Å². The first-order valence-electron chi connectivity index (χ1n) is 9.09. The highest BCUT2D eigenvalue weighted by molar-refractivity contribution is 6.02. The molecule has 16 heteroatoms. The van der Waals surface area contributed by atoms with Gasteiger partial charge in [-0.3, -0.25) is 20.2 Å². The summed E-state index contributed by atoms with van der Waals surface area (Å²) in [6.07, 6.45) is 0. The van der Waals surface area contributed by atoms with Crippen LogP contribution in [0.25, 0.3) is 0 Å². The number of carboxylic acid groups (broad SMARTS) is 2. The quantitative estimate of drug-likeness (QED) is 0.137. The number of carbonyl (C=O) groups is 3. The molecule has 0 saturated carbocycles. The van der Waals surface area contributed by atoms with Crippen LogP contribution in [0, 0.1) is 20.2 Å². The molecule has 0 aliphatic carbocycles. The number of nitro groups is 2. The van der Waals surface area contributed by atoms with Crippen molar-refractivity contribution in [2.24, 2.45) is 0 Å². The van der Waals surface area contributed by atoms with Crippen molar-refractivity contribution < 1.29 is 49.2 Å². The Balaban J connectivity index is 1.75. The molecule has 0 fully saturated rings. The van der Waals surface area contributed by atoms with Gasteiger partial charge in [-0.1, -0.05) is 0 Å². The average Bonchev–Trinajstić information content (AvgIpc) is 2.79. The maximum atomic E-state index is 12.0. The number of hydroxylamine groups is 2. The van der Waals surface area contributed by atoms with E-state index in [0.717, 1.165) is 30.3 Å². The van der Waals surface area contributed by atoms with E-state index in [4.69, 9.17) is 15.1 Å². The van der Waals surface area contributed by atoms with E-state index >= 15 is 0 Å². The minimum atomic E-state index is -1.55. The second-order valence-electron chi connectivity index (χ2n) is 6.22. The number of non-ortho nitro benzene ring substituents is 2. The van der Waals surface area contributed by atoms with Crippen LogP contribution in [0.1, 0.15) is 36.6 Å². The molecule has 0 aliphatic heterocycles. The van der Waals surface area contributed by atoms with Crippen molar-refractivity contribution in [1.82, 2.24) is 11.0 Å². The zero-order valence-electron chi connectivity index (χ0n) is 17.0. The van der Waals surface area contributed by atoms with Crippen LogP contribution in [0.5, 0.6) is 0 Å². The van der Waals surface area contributed by atoms with Crippen molar-refractivity contribution in [3.05, 3.63) is 78.9 Å². The molecule has 2 aromatic rings. The number of rotatable bonds is 13. The largest absolute Gasteiger partial charge is 0.478 e. The van der Waals surface area contributed by atoms with Gasteiger partial charge >= 0.3 is 17.9 Å². The lowest BCUT2D eigenvalue weighted by atomic mass is 10.1. The third-order valence-corrected chi connectivity index (χ3v) is 4.03. The van der Waals surface area contributed by atoms with Crippen LogP contribution in [0.3, 0.4) is 0 Å². The zero-order valence-corrected chi connectivity index (χ0v) is 17.0. The molecule has 0 spiro atoms. The Morgan fingerprint density at radius 3 is 1.97 bits per heavy atom. The van der Waals surface area contributed by atoms with Gasteiger partial charge in [-0.25, -0.2) is 19.3 Å². The second-order valence-corrected chi connectivity index (χ2v) is 6.22. The minimum Gasteiger partial charge on any atom is -0.478 e. The van der Waals surface area contributed by atoms with Crippen LogP contribution in [0.4, 0.5) is 11.4 Å². The van der Waals surface area contributed by atoms with Crippen LogP contribution >= 0.6 is 0 Å². The van der Waals surface area contributed by atoms with Crippen LogP contribution in [-0.2, 0) is 21.3 Å². The van der Waals surface area contributed by atoms with Crippen LogP contribution in [-0.4, -0.2) is 51.1 Å². The number of nitrogens with zero attached hydrogens (tertiary/aromatic N) is 2. The van der Waals surface area contributed by atoms with Crippen molar-refractivity contribution in [3.8, 4) is 0 Å². The van der Waals surface area contributed by atoms with E-state index in [1.165, 1.54) is 6.07 Å². The smallest absolute Gasteiger partial charge is 0.357 e. The van der Waals surface area contributed by atoms with E-state index in [9.17, 15) is 34.6 Å². The molecule has 2 aromatic carbocycles. The predicted octanol–water partition coefficient (Wildman–Crippen LogP) is 1.21. The van der Waals surface area contributed by atoms with E-state index < -0.39 is 50.3 Å². The lowest BCUT2D eigenvalue weighted by Gasteiger charge is -2.09. The average molecular weight is 480 g/mol. The van der Waals surface area contributed by atoms with Crippen LogP contribution < -0.4 is 11.0 Å². The van der Waals surface area contributed by atoms with Gasteiger partial charge in [0.2, 0.25) is 0 Å². The predicted molar refractivity (Wildman–Crippen MR) is 107 cm³/mol. The van der Waals surface area contributed by atoms with E-state index in [0.29, 0.717) is 0 Å². The first-order valence-corrected chi connectivity index (χ1v) is 9.09. The minimum absolute atomic E-state index is 0.00855. The van der Waals surface area contributed by atoms with Crippen LogP contribution in [0.2, 0.25) is 0 Å². The molecule has 0 bridgehead atoms. The molecule has 4 N–H and O–H groups in total. The second kappa shape index (κ2) is 11.9. The molecule has 2 rings (SSSR count). The standard InChI is InChI=1S/C18H16N4O12/c23-16(24)14-7-11(21(28)29)2-1-10(14)9-32-34-20-6-5-19-33-18(27)13-4-3-12(22(30)31)8-15(13)17(25)26/h1-4,7-8,19-20H,5-6,9H2,(H,23,24)(H,25,26). The van der Waals surface area contributed by atoms with E-state index in [2.05, 4.69) is 20.8 Å². The van der Waals surface area contributed by atoms with Gasteiger partial charge in [0.1, 0.15) is 6.61 Å². The van der Waals surface area contributed by atoms with Crippen molar-refractivity contribution in [1.29, 1.82) is 0 Å². The first-order chi connectivity index (χ1) is 16.1. The fraction of sp³-hybridized carbons (Fsp3) is 0.167. The highest BCUT2D eigenvalue weighted by Crippen LogP contribution is 2.20. The molecule has 0 aromatic heterocycles. The van der Waals surface area contributed by atoms with Gasteiger partial charge in [0.25, 0.3) is 11.4 Å². The van der Waals surface area contributed by atoms with Gasteiger partial charge in [-0.2, -0.15) is 11.0 Å². The Hall–Kier alpha value is -4.51. The Bertz CT molecular complexity index is 1120. The number of carboxylic acids is 2. The maximum absolute atomic E-state index is 12.0. The van der Waals surface area contributed by atoms with Crippen molar-refractivity contribution >= 4 is 29.3 Å². The molecular formula is C18H16N4O12. The van der Waals surface area contributed by atoms with Gasteiger partial charge < -0.3 is 15.1 Å². The number of nitro benzene ring substituents is 2. The Labute approximate surface area is 188 Å². The van der Waals surface area contributed by atoms with Gasteiger partial charge in [0.05, 0.1) is 26.5 Å². The number of carbonyl (C=O) groups excluding carboxylic acids is 1. The summed E-state index contributed by atoms with van der Waals surface area (Å²) >= 11 is 0. The molecule has 180 valence electrons. The molecule has 0 amide bonds. The van der Waals surface area contributed by atoms with Gasteiger partial charge in [0, 0.05) is 37.4 Å². The van der Waals surface area contributed by atoms with Crippen molar-refractivity contribution in [2.45, 2.75) is 6.61 Å². The number of hydrogen-bond acceptors (Lipinski definition) is 12. The maximum Gasteiger partial charge on any atom is 0.357 e. The first kappa shape index (κ1) is 25.7. The highest BCUT2D eigenvalue weighted by Gasteiger charge is 2.22. The normalized spacial score (nSPS) is 10.5. The monoisotopic (exact) mass is 480 g/mol. The Morgan fingerprint density at radius 2 is 1.38 bits per heavy atom. The summed E-state index contributed by atoms with van der Waals surface area (Å²) < 4.78 is 0. The van der Waals surface area contributed by atoms with E-state index in [-0.39, 0.29) is 30.8 Å². The molecule has 34 heavy (non-hydrogen) atoms. The number of aromatic carboxylic acids is 2. The highest BCUT2D eigenvalue weighted by atomic mass is 17.3. The summed E-state index contributed by atoms with van der Waals surface area (Å²) in [5.41, 5.74) is 2.38. The summed E-state index contributed by atoms with van der Waals surface area (Å²) in [7, 11) is 0. The summed E-state index contributed by atoms with van der Waals surface area (Å²) in [6.45, 7) is -0.416. The van der Waals surface area contributed by atoms with E-state index in [1.54, 1.807) is 0 Å². The lowest BCUT2D eigenvalue weighted by Crippen LogP contribution is -2.30. The van der Waals surface area contributed by atoms with E-state index in [1.807, 2.05) is 0 Å². The summed E-state index contributed by atoms with van der Waals surface area (Å²) in [6, 6.07) is 5.83. The zero-order chi connectivity index (χ0) is 25.3. The fourth-order valence-corrected chi connectivity index (χ4v) is 2.45. The molecule has 0 unspecified atom stereocenters. The number of benzene rings is 2. The van der Waals surface area contributed by atoms with Gasteiger partial charge in [-0.15, -0.1) is 4.99 Å². The lowest BCUT2D eigenvalue weighted by molar-refractivity contribution is -0.385. The van der Waals surface area contributed by atoms with Crippen molar-refractivity contribution in [2.75, 3.05) is 13.1 Å². The summed E-state index contributed by atoms with van der Waals surface area (Å²) in [5.74, 6) is -4.04. The molecule has 0 saturated heterocycles. The Morgan fingerprint density at radius 1 is 0.824 bits per heavy atom. The third-order valence-electron chi connectivity index (χ3n) is 4.03. The van der Waals surface area contributed by atoms with Gasteiger partial charge in [0.15, 0.2) is 0 Å². The van der Waals surface area contributed by atoms with Crippen molar-refractivity contribution in [3.63, 3.8) is 0 Å². The topological polar surface area (TPSA) is 230 Å². The Kier molecular flexibility index (Phi) is 9.03. The summed E-state index contributed by atoms with van der Waals surface area (Å²) in [5, 5.41) is 39.7. The SMILES string of the molecule is O=C(O)c1cc([N+](=O)[O-])ccc1COONCCNOC(=O)c1ccc([N+](=O)[O-])cc1C(=O)O. The molecule has 0 heterocycles. The number of hydrogen-bond donors (Lipinski definition) is 4. The third kappa shape index (κ3) is 7.00. The summed E-state index contributed by atoms with van der Waals surface area (Å²) in [4.78, 5) is 68.5. The molecule has 0 atom stereocenters. The molecular weight excluding hydrogens is 464 g/mol. The molecule has 0 aliphatic rings. The molecule has 0 radical (unpaired) electrons.